The van der Waals surface area contributed by atoms with Crippen LogP contribution in [0, 0.1) is 0 Å². The molecule has 0 spiro atoms. The molecule has 0 saturated heterocycles. The average molecular weight is 319 g/mol. The molecule has 0 aliphatic carbocycles. The van der Waals surface area contributed by atoms with Crippen LogP contribution in [0.5, 0.6) is 17.2 Å². The Morgan fingerprint density at radius 1 is 0.955 bits per heavy atom. The van der Waals surface area contributed by atoms with Gasteiger partial charge in [-0.05, 0) is 48.0 Å². The molecule has 0 aliphatic heterocycles. The number of esters is 1. The van der Waals surface area contributed by atoms with E-state index in [1.165, 1.54) is 6.08 Å². The fourth-order valence-electron chi connectivity index (χ4n) is 1.74. The molecule has 0 N–H and O–H groups in total. The second-order valence-electron chi connectivity index (χ2n) is 4.35. The van der Waals surface area contributed by atoms with Crippen LogP contribution in [0.15, 0.2) is 48.5 Å². The van der Waals surface area contributed by atoms with Crippen LogP contribution < -0.4 is 14.2 Å². The molecule has 114 valence electrons. The lowest BCUT2D eigenvalue weighted by Crippen LogP contribution is -2.03. The fourth-order valence-corrected chi connectivity index (χ4v) is 1.87. The zero-order valence-electron chi connectivity index (χ0n) is 12.2. The predicted octanol–water partition coefficient (Wildman–Crippen LogP) is 3.98. The van der Waals surface area contributed by atoms with Crippen molar-refractivity contribution in [2.24, 2.45) is 0 Å². The van der Waals surface area contributed by atoms with Crippen LogP contribution in [0.2, 0.25) is 5.02 Å². The van der Waals surface area contributed by atoms with Gasteiger partial charge in [0.05, 0.1) is 14.2 Å². The first-order chi connectivity index (χ1) is 10.6. The third kappa shape index (κ3) is 4.53. The quantitative estimate of drug-likeness (QED) is 0.475. The molecule has 0 saturated carbocycles. The number of methoxy groups -OCH3 is 2. The average Bonchev–Trinajstić information content (AvgIpc) is 2.54. The van der Waals surface area contributed by atoms with Crippen molar-refractivity contribution in [3.8, 4) is 17.2 Å². The topological polar surface area (TPSA) is 44.8 Å². The molecule has 0 bridgehead atoms. The van der Waals surface area contributed by atoms with Crippen molar-refractivity contribution in [1.82, 2.24) is 0 Å². The summed E-state index contributed by atoms with van der Waals surface area (Å²) in [6, 6.07) is 11.9. The maximum absolute atomic E-state index is 11.8. The summed E-state index contributed by atoms with van der Waals surface area (Å²) in [5, 5.41) is 0.582. The molecule has 2 aromatic carbocycles. The number of rotatable bonds is 5. The Balaban J connectivity index is 2.07. The summed E-state index contributed by atoms with van der Waals surface area (Å²) in [5.41, 5.74) is 0.768. The van der Waals surface area contributed by atoms with E-state index in [-0.39, 0.29) is 0 Å². The Hall–Kier alpha value is -2.46. The van der Waals surface area contributed by atoms with Crippen LogP contribution in [0.25, 0.3) is 6.08 Å². The molecule has 0 fully saturated rings. The van der Waals surface area contributed by atoms with E-state index < -0.39 is 5.97 Å². The van der Waals surface area contributed by atoms with Crippen LogP contribution in [0.4, 0.5) is 0 Å². The zero-order valence-corrected chi connectivity index (χ0v) is 13.0. The van der Waals surface area contributed by atoms with E-state index in [1.807, 2.05) is 0 Å². The van der Waals surface area contributed by atoms with E-state index in [9.17, 15) is 4.79 Å². The molecule has 0 aliphatic rings. The highest BCUT2D eigenvalue weighted by atomic mass is 35.5. The van der Waals surface area contributed by atoms with Gasteiger partial charge in [0.25, 0.3) is 0 Å². The number of hydrogen-bond donors (Lipinski definition) is 0. The number of carbonyl (C=O) groups excluding carboxylic acids is 1. The van der Waals surface area contributed by atoms with Crippen molar-refractivity contribution in [2.75, 3.05) is 14.2 Å². The van der Waals surface area contributed by atoms with E-state index in [0.29, 0.717) is 22.3 Å². The number of halogens is 1. The smallest absolute Gasteiger partial charge is 0.336 e. The molecule has 4 nitrogen and oxygen atoms in total. The van der Waals surface area contributed by atoms with Gasteiger partial charge in [0.15, 0.2) is 0 Å². The van der Waals surface area contributed by atoms with Gasteiger partial charge in [-0.15, -0.1) is 0 Å². The SMILES string of the molecule is COc1cc(/C=C/C(=O)Oc2ccc(Cl)cc2)cc(OC)c1. The minimum Gasteiger partial charge on any atom is -0.497 e. The van der Waals surface area contributed by atoms with Crippen molar-refractivity contribution in [3.05, 3.63) is 59.1 Å². The Kier molecular flexibility index (Phi) is 5.44. The molecule has 5 heteroatoms. The van der Waals surface area contributed by atoms with Gasteiger partial charge < -0.3 is 14.2 Å². The lowest BCUT2D eigenvalue weighted by molar-refractivity contribution is -0.128. The molecule has 0 unspecified atom stereocenters. The van der Waals surface area contributed by atoms with Crippen LogP contribution in [0.3, 0.4) is 0 Å². The second-order valence-corrected chi connectivity index (χ2v) is 4.79. The molecule has 0 heterocycles. The molecule has 22 heavy (non-hydrogen) atoms. The van der Waals surface area contributed by atoms with E-state index >= 15 is 0 Å². The van der Waals surface area contributed by atoms with Gasteiger partial charge in [0, 0.05) is 17.2 Å². The first-order valence-electron chi connectivity index (χ1n) is 6.49. The maximum atomic E-state index is 11.8. The van der Waals surface area contributed by atoms with E-state index in [0.717, 1.165) is 5.56 Å². The number of hydrogen-bond acceptors (Lipinski definition) is 4. The van der Waals surface area contributed by atoms with Gasteiger partial charge >= 0.3 is 5.97 Å². The Morgan fingerprint density at radius 3 is 2.09 bits per heavy atom. The normalized spacial score (nSPS) is 10.5. The minimum absolute atomic E-state index is 0.433. The summed E-state index contributed by atoms with van der Waals surface area (Å²) in [5.74, 6) is 1.24. The Morgan fingerprint density at radius 2 is 1.55 bits per heavy atom. The van der Waals surface area contributed by atoms with Crippen LogP contribution in [0.1, 0.15) is 5.56 Å². The van der Waals surface area contributed by atoms with E-state index in [2.05, 4.69) is 0 Å². The molecular formula is C17H15ClO4. The van der Waals surface area contributed by atoms with Gasteiger partial charge in [-0.3, -0.25) is 0 Å². The number of ether oxygens (including phenoxy) is 3. The largest absolute Gasteiger partial charge is 0.497 e. The molecule has 2 rings (SSSR count). The summed E-state index contributed by atoms with van der Waals surface area (Å²) >= 11 is 5.77. The number of carbonyl (C=O) groups is 1. The Bertz CT molecular complexity index is 655. The first-order valence-corrected chi connectivity index (χ1v) is 6.87. The fraction of sp³-hybridized carbons (Fsp3) is 0.118. The summed E-state index contributed by atoms with van der Waals surface area (Å²) < 4.78 is 15.5. The summed E-state index contributed by atoms with van der Waals surface area (Å²) in [7, 11) is 3.13. The van der Waals surface area contributed by atoms with E-state index in [1.54, 1.807) is 62.8 Å². The predicted molar refractivity (Wildman–Crippen MR) is 85.7 cm³/mol. The standard InChI is InChI=1S/C17H15ClO4/c1-20-15-9-12(10-16(11-15)21-2)3-8-17(19)22-14-6-4-13(18)5-7-14/h3-11H,1-2H3/b8-3+. The van der Waals surface area contributed by atoms with Gasteiger partial charge in [-0.25, -0.2) is 4.79 Å². The zero-order chi connectivity index (χ0) is 15.9. The molecule has 0 radical (unpaired) electrons. The van der Waals surface area contributed by atoms with E-state index in [4.69, 9.17) is 25.8 Å². The second kappa shape index (κ2) is 7.52. The highest BCUT2D eigenvalue weighted by Gasteiger charge is 2.02. The molecule has 2 aromatic rings. The monoisotopic (exact) mass is 318 g/mol. The van der Waals surface area contributed by atoms with Crippen LogP contribution >= 0.6 is 11.6 Å². The Labute approximate surface area is 133 Å². The third-order valence-electron chi connectivity index (χ3n) is 2.82. The van der Waals surface area contributed by atoms with Gasteiger partial charge in [0.1, 0.15) is 17.2 Å². The van der Waals surface area contributed by atoms with Crippen molar-refractivity contribution < 1.29 is 19.0 Å². The lowest BCUT2D eigenvalue weighted by atomic mass is 10.2. The van der Waals surface area contributed by atoms with Gasteiger partial charge in [0.2, 0.25) is 0 Å². The molecule has 0 amide bonds. The van der Waals surface area contributed by atoms with Crippen molar-refractivity contribution >= 4 is 23.6 Å². The van der Waals surface area contributed by atoms with Gasteiger partial charge in [-0.2, -0.15) is 0 Å². The summed E-state index contributed by atoms with van der Waals surface area (Å²) in [6.45, 7) is 0. The van der Waals surface area contributed by atoms with Crippen molar-refractivity contribution in [3.63, 3.8) is 0 Å². The van der Waals surface area contributed by atoms with Crippen LogP contribution in [-0.2, 0) is 4.79 Å². The minimum atomic E-state index is -0.482. The van der Waals surface area contributed by atoms with Gasteiger partial charge in [-0.1, -0.05) is 11.6 Å². The molecular weight excluding hydrogens is 304 g/mol. The highest BCUT2D eigenvalue weighted by Crippen LogP contribution is 2.23. The number of benzene rings is 2. The highest BCUT2D eigenvalue weighted by molar-refractivity contribution is 6.30. The van der Waals surface area contributed by atoms with Crippen molar-refractivity contribution in [1.29, 1.82) is 0 Å². The van der Waals surface area contributed by atoms with Crippen molar-refractivity contribution in [2.45, 2.75) is 0 Å². The summed E-state index contributed by atoms with van der Waals surface area (Å²) in [6.07, 6.45) is 2.96. The third-order valence-corrected chi connectivity index (χ3v) is 3.07. The summed E-state index contributed by atoms with van der Waals surface area (Å²) in [4.78, 5) is 11.8. The van der Waals surface area contributed by atoms with Crippen LogP contribution in [-0.4, -0.2) is 20.2 Å². The maximum Gasteiger partial charge on any atom is 0.336 e. The molecule has 0 aromatic heterocycles. The first kappa shape index (κ1) is 15.9. The lowest BCUT2D eigenvalue weighted by Gasteiger charge is -2.05. The molecule has 0 atom stereocenters.